The van der Waals surface area contributed by atoms with Crippen molar-refractivity contribution in [3.05, 3.63) is 56.7 Å². The lowest BCUT2D eigenvalue weighted by atomic mass is 9.66. The molecule has 0 bridgehead atoms. The third kappa shape index (κ3) is 1.93. The number of hydrogen-bond acceptors (Lipinski definition) is 4. The molecule has 0 N–H and O–H groups in total. The molecule has 8 heteroatoms. The number of allylic oxidation sites excluding steroid dienone is 4. The summed E-state index contributed by atoms with van der Waals surface area (Å²) >= 11 is 0. The largest absolute Gasteiger partial charge is 0.293 e. The molecule has 2 atom stereocenters. The molecule has 2 aliphatic rings. The lowest BCUT2D eigenvalue weighted by Crippen LogP contribution is -2.41. The highest BCUT2D eigenvalue weighted by Crippen LogP contribution is 2.47. The van der Waals surface area contributed by atoms with Gasteiger partial charge in [0, 0.05) is 5.56 Å². The summed E-state index contributed by atoms with van der Waals surface area (Å²) < 4.78 is 56.9. The van der Waals surface area contributed by atoms with Crippen molar-refractivity contribution in [1.29, 1.82) is 10.5 Å². The van der Waals surface area contributed by atoms with E-state index in [9.17, 15) is 27.2 Å². The number of hydrogen-bond donors (Lipinski definition) is 0. The van der Waals surface area contributed by atoms with Gasteiger partial charge in [-0.2, -0.15) is 10.5 Å². The van der Waals surface area contributed by atoms with Crippen LogP contribution < -0.4 is 0 Å². The zero-order valence-corrected chi connectivity index (χ0v) is 13.4. The molecule has 0 radical (unpaired) electrons. The standard InChI is InChI=1S/C18H8F4N2O2/c1-5-7(3-23)13(19)15(21)11-9(5)17(25)10-6(2)8(4-24)14(20)16(22)12(10)18(11)26/h9,11H,1-2H3. The number of carbonyl (C=O) groups excluding carboxylic acids is 2. The summed E-state index contributed by atoms with van der Waals surface area (Å²) in [6.45, 7) is 2.35. The Balaban J connectivity index is 2.44. The maximum absolute atomic E-state index is 14.4. The molecule has 0 saturated heterocycles. The van der Waals surface area contributed by atoms with Gasteiger partial charge in [0.05, 0.1) is 28.5 Å². The number of benzene rings is 1. The van der Waals surface area contributed by atoms with Gasteiger partial charge in [-0.15, -0.1) is 0 Å². The molecule has 1 aromatic rings. The Labute approximate surface area is 144 Å². The van der Waals surface area contributed by atoms with Crippen molar-refractivity contribution in [3.63, 3.8) is 0 Å². The van der Waals surface area contributed by atoms with Gasteiger partial charge in [-0.3, -0.25) is 9.59 Å². The van der Waals surface area contributed by atoms with Crippen LogP contribution in [0.5, 0.6) is 0 Å². The third-order valence-corrected chi connectivity index (χ3v) is 4.81. The second-order valence-corrected chi connectivity index (χ2v) is 6.01. The predicted molar refractivity (Wildman–Crippen MR) is 79.0 cm³/mol. The van der Waals surface area contributed by atoms with E-state index in [1.54, 1.807) is 0 Å². The van der Waals surface area contributed by atoms with E-state index in [0.29, 0.717) is 0 Å². The summed E-state index contributed by atoms with van der Waals surface area (Å²) in [6.07, 6.45) is 0. The average Bonchev–Trinajstić information content (AvgIpc) is 2.60. The van der Waals surface area contributed by atoms with Gasteiger partial charge in [0.15, 0.2) is 29.0 Å². The highest BCUT2D eigenvalue weighted by Gasteiger charge is 2.51. The summed E-state index contributed by atoms with van der Waals surface area (Å²) in [5.41, 5.74) is -3.45. The van der Waals surface area contributed by atoms with Crippen molar-refractivity contribution in [1.82, 2.24) is 0 Å². The van der Waals surface area contributed by atoms with Gasteiger partial charge >= 0.3 is 0 Å². The first-order chi connectivity index (χ1) is 12.2. The summed E-state index contributed by atoms with van der Waals surface area (Å²) in [6, 6.07) is 2.86. The molecule has 2 unspecified atom stereocenters. The highest BCUT2D eigenvalue weighted by molar-refractivity contribution is 6.19. The fourth-order valence-electron chi connectivity index (χ4n) is 3.52. The van der Waals surface area contributed by atoms with Crippen molar-refractivity contribution in [2.24, 2.45) is 11.8 Å². The molecule has 4 nitrogen and oxygen atoms in total. The Bertz CT molecular complexity index is 1070. The molecular weight excluding hydrogens is 352 g/mol. The fourth-order valence-corrected chi connectivity index (χ4v) is 3.52. The maximum Gasteiger partial charge on any atom is 0.177 e. The van der Waals surface area contributed by atoms with E-state index in [0.717, 1.165) is 6.92 Å². The van der Waals surface area contributed by atoms with E-state index in [2.05, 4.69) is 0 Å². The number of carbonyl (C=O) groups is 2. The topological polar surface area (TPSA) is 81.7 Å². The van der Waals surface area contributed by atoms with Crippen molar-refractivity contribution < 1.29 is 27.2 Å². The maximum atomic E-state index is 14.4. The van der Waals surface area contributed by atoms with E-state index in [1.165, 1.54) is 19.1 Å². The number of nitriles is 2. The minimum absolute atomic E-state index is 0.178. The number of ketones is 2. The summed E-state index contributed by atoms with van der Waals surface area (Å²) in [5, 5.41) is 18.0. The zero-order valence-electron chi connectivity index (χ0n) is 13.4. The number of nitrogens with zero attached hydrogens (tertiary/aromatic N) is 2. The summed E-state index contributed by atoms with van der Waals surface area (Å²) in [4.78, 5) is 25.5. The Hall–Kier alpha value is -3.26. The van der Waals surface area contributed by atoms with E-state index in [-0.39, 0.29) is 11.1 Å². The Kier molecular flexibility index (Phi) is 3.81. The van der Waals surface area contributed by atoms with Crippen molar-refractivity contribution in [2.45, 2.75) is 13.8 Å². The molecule has 0 spiro atoms. The van der Waals surface area contributed by atoms with Crippen LogP contribution in [0, 0.1) is 53.1 Å². The first kappa shape index (κ1) is 17.6. The van der Waals surface area contributed by atoms with E-state index >= 15 is 0 Å². The monoisotopic (exact) mass is 360 g/mol. The normalized spacial score (nSPS) is 22.0. The van der Waals surface area contributed by atoms with Crippen LogP contribution in [-0.4, -0.2) is 11.6 Å². The minimum Gasteiger partial charge on any atom is -0.293 e. The molecule has 0 aromatic heterocycles. The highest BCUT2D eigenvalue weighted by atomic mass is 19.2. The molecule has 130 valence electrons. The Morgan fingerprint density at radius 1 is 0.846 bits per heavy atom. The van der Waals surface area contributed by atoms with Crippen molar-refractivity contribution in [2.75, 3.05) is 0 Å². The smallest absolute Gasteiger partial charge is 0.177 e. The van der Waals surface area contributed by atoms with Gasteiger partial charge in [0.2, 0.25) is 0 Å². The number of Topliss-reactive ketones (excluding diaryl/α,β-unsaturated/α-hetero) is 2. The fraction of sp³-hybridized carbons (Fsp3) is 0.222. The molecule has 0 heterocycles. The van der Waals surface area contributed by atoms with Crippen LogP contribution in [0.25, 0.3) is 0 Å². The van der Waals surface area contributed by atoms with Crippen LogP contribution in [0.15, 0.2) is 22.8 Å². The number of fused-ring (bicyclic) bond motifs is 2. The molecule has 0 amide bonds. The molecule has 1 aromatic carbocycles. The van der Waals surface area contributed by atoms with Crippen LogP contribution in [0.1, 0.15) is 38.8 Å². The lowest BCUT2D eigenvalue weighted by Gasteiger charge is -2.34. The van der Waals surface area contributed by atoms with Gasteiger partial charge in [0.25, 0.3) is 0 Å². The third-order valence-electron chi connectivity index (χ3n) is 4.81. The Morgan fingerprint density at radius 2 is 1.42 bits per heavy atom. The molecule has 2 aliphatic carbocycles. The molecular formula is C18H8F4N2O2. The SMILES string of the molecule is CC1=C(C#N)C(F)=C(F)C2C(=O)c3c(F)c(F)c(C#N)c(C)c3C(=O)C12. The van der Waals surface area contributed by atoms with Gasteiger partial charge in [-0.25, -0.2) is 17.6 Å². The van der Waals surface area contributed by atoms with Crippen molar-refractivity contribution >= 4 is 11.6 Å². The zero-order chi connectivity index (χ0) is 19.5. The van der Waals surface area contributed by atoms with E-state index < -0.39 is 69.0 Å². The predicted octanol–water partition coefficient (Wildman–Crippen LogP) is 3.76. The minimum atomic E-state index is -2.01. The first-order valence-electron chi connectivity index (χ1n) is 7.35. The van der Waals surface area contributed by atoms with Gasteiger partial charge in [0.1, 0.15) is 18.0 Å². The van der Waals surface area contributed by atoms with E-state index in [4.69, 9.17) is 10.5 Å². The molecule has 0 saturated carbocycles. The Morgan fingerprint density at radius 3 is 1.96 bits per heavy atom. The van der Waals surface area contributed by atoms with Crippen LogP contribution >= 0.6 is 0 Å². The van der Waals surface area contributed by atoms with Gasteiger partial charge in [-0.05, 0) is 25.0 Å². The molecule has 0 fully saturated rings. The average molecular weight is 360 g/mol. The van der Waals surface area contributed by atoms with E-state index in [1.807, 2.05) is 0 Å². The lowest BCUT2D eigenvalue weighted by molar-refractivity contribution is 0.0757. The van der Waals surface area contributed by atoms with Crippen LogP contribution in [0.4, 0.5) is 17.6 Å². The molecule has 3 rings (SSSR count). The van der Waals surface area contributed by atoms with Crippen LogP contribution in [0.2, 0.25) is 0 Å². The summed E-state index contributed by atoms with van der Waals surface area (Å²) in [7, 11) is 0. The van der Waals surface area contributed by atoms with Gasteiger partial charge < -0.3 is 0 Å². The van der Waals surface area contributed by atoms with Gasteiger partial charge in [-0.1, -0.05) is 0 Å². The number of halogens is 4. The first-order valence-corrected chi connectivity index (χ1v) is 7.35. The molecule has 0 aliphatic heterocycles. The van der Waals surface area contributed by atoms with Crippen LogP contribution in [-0.2, 0) is 0 Å². The summed E-state index contributed by atoms with van der Waals surface area (Å²) in [5.74, 6) is -12.5. The molecule has 26 heavy (non-hydrogen) atoms. The number of rotatable bonds is 0. The second-order valence-electron chi connectivity index (χ2n) is 6.01. The second kappa shape index (κ2) is 5.63. The quantitative estimate of drug-likeness (QED) is 0.660. The van der Waals surface area contributed by atoms with Crippen molar-refractivity contribution in [3.8, 4) is 12.1 Å². The van der Waals surface area contributed by atoms with Crippen LogP contribution in [0.3, 0.4) is 0 Å².